The van der Waals surface area contributed by atoms with Gasteiger partial charge in [-0.15, -0.1) is 0 Å². The summed E-state index contributed by atoms with van der Waals surface area (Å²) in [6, 6.07) is 16.7. The molecule has 0 bridgehead atoms. The van der Waals surface area contributed by atoms with Crippen molar-refractivity contribution in [3.05, 3.63) is 108 Å². The Balaban J connectivity index is 1.50. The number of carbonyl (C=O) groups excluding carboxylic acids is 1. The largest absolute Gasteiger partial charge is 0.346 e. The second kappa shape index (κ2) is 9.48. The highest BCUT2D eigenvalue weighted by molar-refractivity contribution is 7.92. The van der Waals surface area contributed by atoms with Crippen molar-refractivity contribution in [3.8, 4) is 5.69 Å². The number of aromatic nitrogens is 2. The zero-order valence-electron chi connectivity index (χ0n) is 18.6. The van der Waals surface area contributed by atoms with E-state index in [0.29, 0.717) is 5.56 Å². The van der Waals surface area contributed by atoms with Gasteiger partial charge in [0.1, 0.15) is 5.82 Å². The molecule has 4 rings (SSSR count). The number of amides is 1. The van der Waals surface area contributed by atoms with Gasteiger partial charge in [-0.1, -0.05) is 18.2 Å². The monoisotopic (exact) mass is 478 g/mol. The molecule has 0 aliphatic carbocycles. The highest BCUT2D eigenvalue weighted by Crippen LogP contribution is 2.21. The van der Waals surface area contributed by atoms with Crippen LogP contribution >= 0.6 is 0 Å². The van der Waals surface area contributed by atoms with Crippen molar-refractivity contribution in [2.45, 2.75) is 24.8 Å². The van der Waals surface area contributed by atoms with Crippen LogP contribution in [-0.2, 0) is 10.0 Å². The molecule has 34 heavy (non-hydrogen) atoms. The topological polar surface area (TPSA) is 93.1 Å². The fourth-order valence-corrected chi connectivity index (χ4v) is 4.53. The van der Waals surface area contributed by atoms with Crippen LogP contribution in [0.4, 0.5) is 10.1 Å². The van der Waals surface area contributed by atoms with E-state index in [1.807, 2.05) is 42.0 Å². The van der Waals surface area contributed by atoms with E-state index >= 15 is 0 Å². The van der Waals surface area contributed by atoms with Crippen molar-refractivity contribution < 1.29 is 17.6 Å². The standard InChI is InChI=1S/C25H23FN4O3S/c1-17-3-12-23(34(32,33)29-21-8-6-20(26)7-9-21)15-24(17)25(31)28-18(2)19-4-10-22(11-5-19)30-14-13-27-16-30/h3-16,18,29H,1-2H3,(H,28,31). The molecule has 9 heteroatoms. The van der Waals surface area contributed by atoms with Crippen molar-refractivity contribution >= 4 is 21.6 Å². The summed E-state index contributed by atoms with van der Waals surface area (Å²) in [4.78, 5) is 17.0. The molecule has 1 heterocycles. The molecule has 1 amide bonds. The van der Waals surface area contributed by atoms with Gasteiger partial charge in [-0.2, -0.15) is 0 Å². The zero-order valence-corrected chi connectivity index (χ0v) is 19.4. The number of halogens is 1. The first-order chi connectivity index (χ1) is 16.2. The Morgan fingerprint density at radius 1 is 1.03 bits per heavy atom. The molecular weight excluding hydrogens is 455 g/mol. The highest BCUT2D eigenvalue weighted by atomic mass is 32.2. The smallest absolute Gasteiger partial charge is 0.261 e. The third-order valence-corrected chi connectivity index (χ3v) is 6.78. The predicted octanol–water partition coefficient (Wildman–Crippen LogP) is 4.61. The number of sulfonamides is 1. The minimum Gasteiger partial charge on any atom is -0.346 e. The lowest BCUT2D eigenvalue weighted by atomic mass is 10.1. The van der Waals surface area contributed by atoms with Crippen LogP contribution in [0.25, 0.3) is 5.69 Å². The first-order valence-electron chi connectivity index (χ1n) is 10.5. The van der Waals surface area contributed by atoms with Crippen LogP contribution in [0.5, 0.6) is 0 Å². The average Bonchev–Trinajstić information content (AvgIpc) is 3.35. The summed E-state index contributed by atoms with van der Waals surface area (Å²) < 4.78 is 43.0. The van der Waals surface area contributed by atoms with Crippen molar-refractivity contribution in [3.63, 3.8) is 0 Å². The van der Waals surface area contributed by atoms with Gasteiger partial charge >= 0.3 is 0 Å². The zero-order chi connectivity index (χ0) is 24.3. The highest BCUT2D eigenvalue weighted by Gasteiger charge is 2.20. The Morgan fingerprint density at radius 3 is 2.38 bits per heavy atom. The summed E-state index contributed by atoms with van der Waals surface area (Å²) >= 11 is 0. The average molecular weight is 479 g/mol. The number of nitrogens with zero attached hydrogens (tertiary/aromatic N) is 2. The van der Waals surface area contributed by atoms with E-state index in [2.05, 4.69) is 15.0 Å². The van der Waals surface area contributed by atoms with Crippen LogP contribution in [0.3, 0.4) is 0 Å². The summed E-state index contributed by atoms with van der Waals surface area (Å²) in [6.45, 7) is 3.60. The van der Waals surface area contributed by atoms with E-state index < -0.39 is 15.8 Å². The number of aryl methyl sites for hydroxylation is 1. The third-order valence-electron chi connectivity index (χ3n) is 5.40. The maximum atomic E-state index is 13.1. The summed E-state index contributed by atoms with van der Waals surface area (Å²) in [6.07, 6.45) is 5.24. The molecule has 0 aliphatic heterocycles. The van der Waals surface area contributed by atoms with E-state index in [-0.39, 0.29) is 28.1 Å². The van der Waals surface area contributed by atoms with Crippen LogP contribution in [0.1, 0.15) is 34.5 Å². The fourth-order valence-electron chi connectivity index (χ4n) is 3.45. The normalized spacial score (nSPS) is 12.2. The number of benzene rings is 3. The molecule has 1 unspecified atom stereocenters. The number of hydrogen-bond acceptors (Lipinski definition) is 4. The van der Waals surface area contributed by atoms with Crippen LogP contribution in [0, 0.1) is 12.7 Å². The second-order valence-corrected chi connectivity index (χ2v) is 9.53. The Kier molecular flexibility index (Phi) is 6.47. The molecule has 7 nitrogen and oxygen atoms in total. The molecule has 0 saturated carbocycles. The molecule has 1 aromatic heterocycles. The molecule has 0 saturated heterocycles. The Labute approximate surface area is 197 Å². The number of carbonyl (C=O) groups is 1. The van der Waals surface area contributed by atoms with Gasteiger partial charge in [0.05, 0.1) is 17.3 Å². The van der Waals surface area contributed by atoms with E-state index in [1.54, 1.807) is 25.5 Å². The first kappa shape index (κ1) is 23.2. The van der Waals surface area contributed by atoms with Crippen LogP contribution in [-0.4, -0.2) is 23.9 Å². The van der Waals surface area contributed by atoms with Crippen LogP contribution in [0.2, 0.25) is 0 Å². The SMILES string of the molecule is Cc1ccc(S(=O)(=O)Nc2ccc(F)cc2)cc1C(=O)NC(C)c1ccc(-n2ccnc2)cc1. The Morgan fingerprint density at radius 2 is 1.74 bits per heavy atom. The van der Waals surface area contributed by atoms with Gasteiger partial charge in [0.15, 0.2) is 0 Å². The minimum absolute atomic E-state index is 0.0649. The van der Waals surface area contributed by atoms with Crippen molar-refractivity contribution in [1.29, 1.82) is 0 Å². The summed E-state index contributed by atoms with van der Waals surface area (Å²) in [5.74, 6) is -0.856. The van der Waals surface area contributed by atoms with Crippen molar-refractivity contribution in [2.75, 3.05) is 4.72 Å². The third kappa shape index (κ3) is 5.15. The molecule has 2 N–H and O–H groups in total. The number of hydrogen-bond donors (Lipinski definition) is 2. The molecule has 174 valence electrons. The van der Waals surface area contributed by atoms with E-state index in [9.17, 15) is 17.6 Å². The Hall–Kier alpha value is -3.98. The molecule has 0 fully saturated rings. The van der Waals surface area contributed by atoms with Gasteiger partial charge in [0.25, 0.3) is 15.9 Å². The lowest BCUT2D eigenvalue weighted by Gasteiger charge is -2.17. The van der Waals surface area contributed by atoms with E-state index in [4.69, 9.17) is 0 Å². The van der Waals surface area contributed by atoms with Gasteiger partial charge < -0.3 is 9.88 Å². The number of imidazole rings is 1. The first-order valence-corrected chi connectivity index (χ1v) is 12.0. The quantitative estimate of drug-likeness (QED) is 0.406. The van der Waals surface area contributed by atoms with E-state index in [1.165, 1.54) is 24.3 Å². The number of nitrogens with one attached hydrogen (secondary N) is 2. The van der Waals surface area contributed by atoms with Crippen LogP contribution < -0.4 is 10.0 Å². The van der Waals surface area contributed by atoms with Gasteiger partial charge in [-0.25, -0.2) is 17.8 Å². The lowest BCUT2D eigenvalue weighted by Crippen LogP contribution is -2.27. The summed E-state index contributed by atoms with van der Waals surface area (Å²) in [5.41, 5.74) is 2.96. The molecule has 1 atom stereocenters. The predicted molar refractivity (Wildman–Crippen MR) is 128 cm³/mol. The van der Waals surface area contributed by atoms with E-state index in [0.717, 1.165) is 23.4 Å². The van der Waals surface area contributed by atoms with Crippen LogP contribution in [0.15, 0.2) is 90.3 Å². The number of rotatable bonds is 7. The molecule has 0 aliphatic rings. The molecule has 4 aromatic rings. The second-order valence-electron chi connectivity index (χ2n) is 7.85. The van der Waals surface area contributed by atoms with Gasteiger partial charge in [-0.05, 0) is 73.5 Å². The van der Waals surface area contributed by atoms with Gasteiger partial charge in [0, 0.05) is 29.3 Å². The maximum Gasteiger partial charge on any atom is 0.261 e. The lowest BCUT2D eigenvalue weighted by molar-refractivity contribution is 0.0939. The number of anilines is 1. The summed E-state index contributed by atoms with van der Waals surface area (Å²) in [5, 5.41) is 2.93. The maximum absolute atomic E-state index is 13.1. The molecular formula is C25H23FN4O3S. The van der Waals surface area contributed by atoms with Gasteiger partial charge in [-0.3, -0.25) is 9.52 Å². The van der Waals surface area contributed by atoms with Crippen molar-refractivity contribution in [2.24, 2.45) is 0 Å². The summed E-state index contributed by atoms with van der Waals surface area (Å²) in [7, 11) is -3.97. The fraction of sp³-hybridized carbons (Fsp3) is 0.120. The molecule has 0 radical (unpaired) electrons. The Bertz CT molecular complexity index is 1400. The van der Waals surface area contributed by atoms with Crippen molar-refractivity contribution in [1.82, 2.24) is 14.9 Å². The molecule has 0 spiro atoms. The van der Waals surface area contributed by atoms with Gasteiger partial charge in [0.2, 0.25) is 0 Å². The molecule has 3 aromatic carbocycles. The minimum atomic E-state index is -3.97.